The summed E-state index contributed by atoms with van der Waals surface area (Å²) < 4.78 is 40.4. The minimum atomic E-state index is -1.38. The summed E-state index contributed by atoms with van der Waals surface area (Å²) in [6.45, 7) is 6.01. The number of rotatable bonds is 8. The topological polar surface area (TPSA) is 0 Å². The summed E-state index contributed by atoms with van der Waals surface area (Å²) in [4.78, 5) is 0. The zero-order chi connectivity index (χ0) is 17.5. The molecule has 1 aliphatic carbocycles. The van der Waals surface area contributed by atoms with Crippen molar-refractivity contribution in [2.24, 2.45) is 11.8 Å². The molecule has 1 aromatic rings. The molecule has 0 radical (unpaired) electrons. The molecule has 2 rings (SSSR count). The van der Waals surface area contributed by atoms with Crippen molar-refractivity contribution in [1.29, 1.82) is 0 Å². The molecule has 0 saturated heterocycles. The third kappa shape index (κ3) is 4.87. The van der Waals surface area contributed by atoms with E-state index in [1.807, 2.05) is 0 Å². The van der Waals surface area contributed by atoms with Crippen molar-refractivity contribution in [3.63, 3.8) is 0 Å². The van der Waals surface area contributed by atoms with E-state index in [1.54, 1.807) is 6.08 Å². The molecule has 1 aliphatic rings. The van der Waals surface area contributed by atoms with Crippen LogP contribution >= 0.6 is 0 Å². The maximum absolute atomic E-state index is 13.6. The van der Waals surface area contributed by atoms with Gasteiger partial charge in [-0.1, -0.05) is 51.5 Å². The van der Waals surface area contributed by atoms with E-state index in [1.165, 1.54) is 50.7 Å². The van der Waals surface area contributed by atoms with Gasteiger partial charge < -0.3 is 0 Å². The Balaban J connectivity index is 2.03. The van der Waals surface area contributed by atoms with Gasteiger partial charge in [0, 0.05) is 0 Å². The lowest BCUT2D eigenvalue weighted by molar-refractivity contribution is 0.229. The number of hydrogen-bond donors (Lipinski definition) is 0. The molecule has 1 fully saturated rings. The van der Waals surface area contributed by atoms with E-state index in [9.17, 15) is 13.2 Å². The van der Waals surface area contributed by atoms with Gasteiger partial charge >= 0.3 is 0 Å². The fourth-order valence-electron chi connectivity index (χ4n) is 4.13. The molecule has 0 aliphatic heterocycles. The highest BCUT2D eigenvalue weighted by atomic mass is 19.2. The van der Waals surface area contributed by atoms with Crippen LogP contribution in [0.3, 0.4) is 0 Å². The van der Waals surface area contributed by atoms with Crippen LogP contribution in [0.25, 0.3) is 0 Å². The molecule has 1 atom stereocenters. The van der Waals surface area contributed by atoms with E-state index < -0.39 is 17.5 Å². The third-order valence-corrected chi connectivity index (χ3v) is 5.53. The van der Waals surface area contributed by atoms with E-state index in [2.05, 4.69) is 13.5 Å². The fraction of sp³-hybridized carbons (Fsp3) is 0.619. The first kappa shape index (κ1) is 19.1. The quantitative estimate of drug-likeness (QED) is 0.268. The van der Waals surface area contributed by atoms with Crippen LogP contribution in [0.5, 0.6) is 0 Å². The fourth-order valence-corrected chi connectivity index (χ4v) is 4.13. The van der Waals surface area contributed by atoms with Gasteiger partial charge in [0.1, 0.15) is 0 Å². The first-order valence-corrected chi connectivity index (χ1v) is 9.32. The lowest BCUT2D eigenvalue weighted by Gasteiger charge is -2.34. The lowest BCUT2D eigenvalue weighted by Crippen LogP contribution is -2.21. The number of halogens is 3. The normalized spacial score (nSPS) is 22.3. The van der Waals surface area contributed by atoms with Crippen LogP contribution in [0.1, 0.15) is 76.2 Å². The number of hydrogen-bond acceptors (Lipinski definition) is 0. The molecule has 0 spiro atoms. The van der Waals surface area contributed by atoms with E-state index in [4.69, 9.17) is 0 Å². The van der Waals surface area contributed by atoms with Crippen molar-refractivity contribution in [2.45, 2.75) is 70.6 Å². The molecule has 24 heavy (non-hydrogen) atoms. The van der Waals surface area contributed by atoms with Crippen LogP contribution < -0.4 is 0 Å². The van der Waals surface area contributed by atoms with Crippen molar-refractivity contribution < 1.29 is 13.2 Å². The van der Waals surface area contributed by atoms with Gasteiger partial charge in [-0.25, -0.2) is 13.2 Å². The maximum Gasteiger partial charge on any atom is 0.194 e. The molecule has 3 heteroatoms. The summed E-state index contributed by atoms with van der Waals surface area (Å²) in [5.74, 6) is -2.34. The number of benzene rings is 1. The largest absolute Gasteiger partial charge is 0.204 e. The average molecular weight is 338 g/mol. The molecule has 1 aromatic carbocycles. The summed E-state index contributed by atoms with van der Waals surface area (Å²) in [6, 6.07) is 2.33. The summed E-state index contributed by atoms with van der Waals surface area (Å²) in [5.41, 5.74) is 0.570. The predicted molar refractivity (Wildman–Crippen MR) is 93.5 cm³/mol. The highest BCUT2D eigenvalue weighted by Gasteiger charge is 2.29. The molecule has 0 nitrogen and oxygen atoms in total. The van der Waals surface area contributed by atoms with Crippen LogP contribution in [0.4, 0.5) is 13.2 Å². The molecule has 0 bridgehead atoms. The van der Waals surface area contributed by atoms with Gasteiger partial charge in [-0.2, -0.15) is 0 Å². The Morgan fingerprint density at radius 1 is 1.08 bits per heavy atom. The van der Waals surface area contributed by atoms with E-state index >= 15 is 0 Å². The second kappa shape index (κ2) is 9.29. The van der Waals surface area contributed by atoms with Gasteiger partial charge in [0.05, 0.1) is 0 Å². The summed E-state index contributed by atoms with van der Waals surface area (Å²) in [6.07, 6.45) is 12.2. The van der Waals surface area contributed by atoms with Crippen LogP contribution in [-0.2, 0) is 0 Å². The second-order valence-corrected chi connectivity index (χ2v) is 7.21. The minimum Gasteiger partial charge on any atom is -0.204 e. The van der Waals surface area contributed by atoms with Gasteiger partial charge in [0.25, 0.3) is 0 Å². The van der Waals surface area contributed by atoms with Crippen molar-refractivity contribution >= 4 is 0 Å². The summed E-state index contributed by atoms with van der Waals surface area (Å²) in [5, 5.41) is 0. The monoisotopic (exact) mass is 338 g/mol. The van der Waals surface area contributed by atoms with Gasteiger partial charge in [-0.15, -0.1) is 6.58 Å². The van der Waals surface area contributed by atoms with E-state index in [0.29, 0.717) is 17.9 Å². The van der Waals surface area contributed by atoms with Crippen LogP contribution in [0.2, 0.25) is 0 Å². The van der Waals surface area contributed by atoms with E-state index in [-0.39, 0.29) is 5.92 Å². The first-order valence-electron chi connectivity index (χ1n) is 9.32. The number of unbranched alkanes of at least 4 members (excludes halogenated alkanes) is 2. The van der Waals surface area contributed by atoms with Gasteiger partial charge in [0.15, 0.2) is 17.5 Å². The Morgan fingerprint density at radius 2 is 1.71 bits per heavy atom. The van der Waals surface area contributed by atoms with Gasteiger partial charge in [-0.3, -0.25) is 0 Å². The smallest absolute Gasteiger partial charge is 0.194 e. The van der Waals surface area contributed by atoms with Crippen LogP contribution in [-0.4, -0.2) is 0 Å². The molecule has 0 N–H and O–H groups in total. The Labute approximate surface area is 144 Å². The van der Waals surface area contributed by atoms with Crippen LogP contribution in [0.15, 0.2) is 24.8 Å². The Hall–Kier alpha value is -1.25. The zero-order valence-electron chi connectivity index (χ0n) is 14.7. The Bertz CT molecular complexity index is 507. The molecule has 0 amide bonds. The minimum absolute atomic E-state index is 0.0312. The standard InChI is InChI=1S/C21H29F3/c1-3-5-6-8-15-9-11-16(12-10-15)18(7-4-2)17-13-19(22)21(24)20(23)14-17/h4,13-16,18H,2-3,5-12H2,1H3. The van der Waals surface area contributed by atoms with Crippen molar-refractivity contribution in [3.05, 3.63) is 47.8 Å². The van der Waals surface area contributed by atoms with Crippen LogP contribution in [0, 0.1) is 29.3 Å². The highest BCUT2D eigenvalue weighted by Crippen LogP contribution is 2.42. The zero-order valence-corrected chi connectivity index (χ0v) is 14.7. The average Bonchev–Trinajstić information content (AvgIpc) is 2.58. The molecule has 1 unspecified atom stereocenters. The van der Waals surface area contributed by atoms with Gasteiger partial charge in [0.2, 0.25) is 0 Å². The molecule has 0 heterocycles. The molecule has 134 valence electrons. The van der Waals surface area contributed by atoms with Crippen molar-refractivity contribution in [3.8, 4) is 0 Å². The predicted octanol–water partition coefficient (Wildman–Crippen LogP) is 7.15. The SMILES string of the molecule is C=CCC(c1cc(F)c(F)c(F)c1)C1CCC(CCCCC)CC1. The molecular formula is C21H29F3. The Morgan fingerprint density at radius 3 is 2.25 bits per heavy atom. The van der Waals surface area contributed by atoms with E-state index in [0.717, 1.165) is 18.8 Å². The summed E-state index contributed by atoms with van der Waals surface area (Å²) >= 11 is 0. The Kier molecular flexibility index (Phi) is 7.39. The van der Waals surface area contributed by atoms with Crippen molar-refractivity contribution in [1.82, 2.24) is 0 Å². The molecule has 1 saturated carbocycles. The molecule has 0 aromatic heterocycles. The molecular weight excluding hydrogens is 309 g/mol. The lowest BCUT2D eigenvalue weighted by atomic mass is 9.71. The number of allylic oxidation sites excluding steroid dienone is 1. The highest BCUT2D eigenvalue weighted by molar-refractivity contribution is 5.24. The van der Waals surface area contributed by atoms with Gasteiger partial charge in [-0.05, 0) is 54.7 Å². The maximum atomic E-state index is 13.6. The second-order valence-electron chi connectivity index (χ2n) is 7.21. The first-order chi connectivity index (χ1) is 11.6. The van der Waals surface area contributed by atoms with Crippen molar-refractivity contribution in [2.75, 3.05) is 0 Å². The summed E-state index contributed by atoms with van der Waals surface area (Å²) in [7, 11) is 0. The third-order valence-electron chi connectivity index (χ3n) is 5.53.